The summed E-state index contributed by atoms with van der Waals surface area (Å²) in [6, 6.07) is -0.506. The second kappa shape index (κ2) is 8.23. The Hall–Kier alpha value is -2.26. The van der Waals surface area contributed by atoms with Crippen LogP contribution in [0.3, 0.4) is 0 Å². The molecule has 0 radical (unpaired) electrons. The number of methoxy groups -OCH3 is 1. The fraction of sp³-hybridized carbons (Fsp3) is 0.600. The molecule has 2 aromatic heterocycles. The van der Waals surface area contributed by atoms with Crippen LogP contribution < -0.4 is 4.90 Å². The van der Waals surface area contributed by atoms with E-state index in [1.54, 1.807) is 11.2 Å². The van der Waals surface area contributed by atoms with Gasteiger partial charge in [-0.2, -0.15) is 0 Å². The number of amides is 1. The molecule has 0 spiro atoms. The Bertz CT molecular complexity index is 922. The molecule has 1 amide bonds. The van der Waals surface area contributed by atoms with Crippen molar-refractivity contribution in [3.05, 3.63) is 16.8 Å². The first kappa shape index (κ1) is 20.0. The molecular formula is C20H27N5O3S. The Kier molecular flexibility index (Phi) is 5.69. The number of thiophene rings is 1. The molecule has 156 valence electrons. The van der Waals surface area contributed by atoms with Gasteiger partial charge in [-0.15, -0.1) is 11.3 Å². The van der Waals surface area contributed by atoms with Gasteiger partial charge in [-0.3, -0.25) is 4.79 Å². The van der Waals surface area contributed by atoms with E-state index >= 15 is 0 Å². The third kappa shape index (κ3) is 3.69. The lowest BCUT2D eigenvalue weighted by molar-refractivity contribution is -0.147. The minimum absolute atomic E-state index is 0.107. The predicted octanol–water partition coefficient (Wildman–Crippen LogP) is 1.92. The molecule has 9 heteroatoms. The normalized spacial score (nSPS) is 20.9. The lowest BCUT2D eigenvalue weighted by Crippen LogP contribution is -2.48. The largest absolute Gasteiger partial charge is 0.467 e. The number of fused-ring (bicyclic) bond motifs is 1. The molecule has 2 aromatic rings. The van der Waals surface area contributed by atoms with Crippen LogP contribution in [0.2, 0.25) is 0 Å². The maximum absolute atomic E-state index is 13.4. The van der Waals surface area contributed by atoms with Crippen molar-refractivity contribution in [1.29, 1.82) is 0 Å². The molecule has 2 aliphatic heterocycles. The number of anilines is 1. The highest BCUT2D eigenvalue weighted by atomic mass is 32.1. The molecule has 0 aliphatic carbocycles. The van der Waals surface area contributed by atoms with E-state index in [1.165, 1.54) is 18.4 Å². The zero-order valence-corrected chi connectivity index (χ0v) is 18.0. The molecule has 4 heterocycles. The number of hydrogen-bond donors (Lipinski definition) is 0. The number of nitrogens with zero attached hydrogens (tertiary/aromatic N) is 5. The first-order valence-corrected chi connectivity index (χ1v) is 10.9. The molecule has 0 N–H and O–H groups in total. The minimum Gasteiger partial charge on any atom is -0.467 e. The summed E-state index contributed by atoms with van der Waals surface area (Å²) in [5, 5.41) is 0.956. The topological polar surface area (TPSA) is 78.9 Å². The summed E-state index contributed by atoms with van der Waals surface area (Å²) in [6.45, 7) is 6.30. The summed E-state index contributed by atoms with van der Waals surface area (Å²) >= 11 is 1.39. The summed E-state index contributed by atoms with van der Waals surface area (Å²) in [5.74, 6) is 0.457. The van der Waals surface area contributed by atoms with Gasteiger partial charge in [0.15, 0.2) is 0 Å². The van der Waals surface area contributed by atoms with Gasteiger partial charge in [0.25, 0.3) is 5.91 Å². The molecule has 0 saturated carbocycles. The zero-order chi connectivity index (χ0) is 20.5. The Balaban J connectivity index is 1.69. The van der Waals surface area contributed by atoms with E-state index in [9.17, 15) is 9.59 Å². The highest BCUT2D eigenvalue weighted by Crippen LogP contribution is 2.36. The number of aryl methyl sites for hydroxylation is 1. The first-order chi connectivity index (χ1) is 14.0. The number of esters is 1. The summed E-state index contributed by atoms with van der Waals surface area (Å²) in [7, 11) is 3.50. The van der Waals surface area contributed by atoms with Crippen LogP contribution in [0.25, 0.3) is 10.2 Å². The third-order valence-corrected chi connectivity index (χ3v) is 7.13. The number of carbonyl (C=O) groups excluding carboxylic acids is 2. The van der Waals surface area contributed by atoms with E-state index in [0.29, 0.717) is 17.8 Å². The van der Waals surface area contributed by atoms with Crippen molar-refractivity contribution in [3.63, 3.8) is 0 Å². The van der Waals surface area contributed by atoms with Crippen LogP contribution >= 0.6 is 11.3 Å². The summed E-state index contributed by atoms with van der Waals surface area (Å²) in [5.41, 5.74) is 0.902. The predicted molar refractivity (Wildman–Crippen MR) is 113 cm³/mol. The van der Waals surface area contributed by atoms with Crippen LogP contribution in [0.15, 0.2) is 6.33 Å². The van der Waals surface area contributed by atoms with E-state index < -0.39 is 6.04 Å². The molecule has 2 aliphatic rings. The Morgan fingerprint density at radius 3 is 2.62 bits per heavy atom. The molecule has 1 atom stereocenters. The molecule has 0 unspecified atom stereocenters. The van der Waals surface area contributed by atoms with Gasteiger partial charge >= 0.3 is 5.97 Å². The Morgan fingerprint density at radius 2 is 1.90 bits per heavy atom. The van der Waals surface area contributed by atoms with Gasteiger partial charge in [0.05, 0.1) is 17.4 Å². The maximum Gasteiger partial charge on any atom is 0.328 e. The summed E-state index contributed by atoms with van der Waals surface area (Å²) < 4.78 is 4.94. The standard InChI is InChI=1S/C20H27N5O3S/c1-13-15-17(24-10-8-23(2)9-11-24)21-12-22-18(15)29-16(13)19(26)25-7-5-4-6-14(25)20(27)28-3/h12,14H,4-11H2,1-3H3/t14-/m1/s1. The number of likely N-dealkylation sites (N-methyl/N-ethyl adjacent to an activating group) is 1. The van der Waals surface area contributed by atoms with E-state index in [-0.39, 0.29) is 11.9 Å². The van der Waals surface area contributed by atoms with Crippen molar-refractivity contribution in [2.75, 3.05) is 51.8 Å². The fourth-order valence-electron chi connectivity index (χ4n) is 4.20. The van der Waals surface area contributed by atoms with Gasteiger partial charge in [0.2, 0.25) is 0 Å². The molecule has 29 heavy (non-hydrogen) atoms. The minimum atomic E-state index is -0.506. The number of rotatable bonds is 3. The van der Waals surface area contributed by atoms with E-state index in [4.69, 9.17) is 4.74 Å². The number of likely N-dealkylation sites (tertiary alicyclic amines) is 1. The number of piperidine rings is 1. The molecule has 8 nitrogen and oxygen atoms in total. The average Bonchev–Trinajstić information content (AvgIpc) is 3.10. The zero-order valence-electron chi connectivity index (χ0n) is 17.2. The first-order valence-electron chi connectivity index (χ1n) is 10.1. The van der Waals surface area contributed by atoms with Gasteiger partial charge in [0.1, 0.15) is 23.0 Å². The van der Waals surface area contributed by atoms with Crippen molar-refractivity contribution in [3.8, 4) is 0 Å². The van der Waals surface area contributed by atoms with Gasteiger partial charge < -0.3 is 19.4 Å². The highest BCUT2D eigenvalue weighted by Gasteiger charge is 2.35. The van der Waals surface area contributed by atoms with Crippen molar-refractivity contribution in [2.24, 2.45) is 0 Å². The van der Waals surface area contributed by atoms with Crippen LogP contribution in [-0.4, -0.2) is 84.6 Å². The smallest absolute Gasteiger partial charge is 0.328 e. The third-order valence-electron chi connectivity index (χ3n) is 5.94. The second-order valence-corrected chi connectivity index (χ2v) is 8.76. The number of carbonyl (C=O) groups is 2. The Morgan fingerprint density at radius 1 is 1.14 bits per heavy atom. The van der Waals surface area contributed by atoms with Crippen molar-refractivity contribution in [2.45, 2.75) is 32.2 Å². The quantitative estimate of drug-likeness (QED) is 0.706. The van der Waals surface area contributed by atoms with Crippen LogP contribution in [-0.2, 0) is 9.53 Å². The average molecular weight is 418 g/mol. The summed E-state index contributed by atoms with van der Waals surface area (Å²) in [6.07, 6.45) is 4.05. The molecule has 2 fully saturated rings. The monoisotopic (exact) mass is 417 g/mol. The van der Waals surface area contributed by atoms with Crippen LogP contribution in [0, 0.1) is 6.92 Å². The molecule has 2 saturated heterocycles. The lowest BCUT2D eigenvalue weighted by atomic mass is 10.0. The van der Waals surface area contributed by atoms with Crippen LogP contribution in [0.1, 0.15) is 34.5 Å². The van der Waals surface area contributed by atoms with E-state index in [2.05, 4.69) is 26.8 Å². The van der Waals surface area contributed by atoms with Gasteiger partial charge in [-0.1, -0.05) is 0 Å². The number of aromatic nitrogens is 2. The van der Waals surface area contributed by atoms with Crippen molar-refractivity contribution < 1.29 is 14.3 Å². The van der Waals surface area contributed by atoms with Crippen molar-refractivity contribution >= 4 is 39.2 Å². The van der Waals surface area contributed by atoms with Gasteiger partial charge in [-0.05, 0) is 38.8 Å². The van der Waals surface area contributed by atoms with Crippen LogP contribution in [0.5, 0.6) is 0 Å². The highest BCUT2D eigenvalue weighted by molar-refractivity contribution is 7.20. The van der Waals surface area contributed by atoms with Crippen molar-refractivity contribution in [1.82, 2.24) is 19.8 Å². The maximum atomic E-state index is 13.4. The molecule has 0 aromatic carbocycles. The number of ether oxygens (including phenoxy) is 1. The fourth-order valence-corrected chi connectivity index (χ4v) is 5.30. The molecule has 0 bridgehead atoms. The van der Waals surface area contributed by atoms with Gasteiger partial charge in [-0.25, -0.2) is 14.8 Å². The second-order valence-electron chi connectivity index (χ2n) is 7.76. The lowest BCUT2D eigenvalue weighted by Gasteiger charge is -2.34. The van der Waals surface area contributed by atoms with Crippen LogP contribution in [0.4, 0.5) is 5.82 Å². The summed E-state index contributed by atoms with van der Waals surface area (Å²) in [4.78, 5) is 42.3. The Labute approximate surface area is 174 Å². The SMILES string of the molecule is COC(=O)[C@H]1CCCCN1C(=O)c1sc2ncnc(N3CCN(C)CC3)c2c1C. The number of hydrogen-bond acceptors (Lipinski definition) is 8. The van der Waals surface area contributed by atoms with Gasteiger partial charge in [0, 0.05) is 32.7 Å². The van der Waals surface area contributed by atoms with E-state index in [1.807, 2.05) is 6.92 Å². The number of piperazine rings is 1. The molecule has 4 rings (SSSR count). The van der Waals surface area contributed by atoms with E-state index in [0.717, 1.165) is 60.6 Å². The molecular weight excluding hydrogens is 390 g/mol.